The van der Waals surface area contributed by atoms with Crippen LogP contribution in [0.1, 0.15) is 38.7 Å². The predicted octanol–water partition coefficient (Wildman–Crippen LogP) is 2.97. The minimum absolute atomic E-state index is 0.0844. The minimum Gasteiger partial charge on any atom is -0.385 e. The molecule has 0 aliphatic carbocycles. The summed E-state index contributed by atoms with van der Waals surface area (Å²) >= 11 is 0. The summed E-state index contributed by atoms with van der Waals surface area (Å²) in [4.78, 5) is 11.4. The van der Waals surface area contributed by atoms with Gasteiger partial charge >= 0.3 is 0 Å². The van der Waals surface area contributed by atoms with Gasteiger partial charge in [-0.25, -0.2) is 0 Å². The number of carbonyl (C=O) groups is 1. The van der Waals surface area contributed by atoms with Crippen LogP contribution in [0, 0.1) is 0 Å². The summed E-state index contributed by atoms with van der Waals surface area (Å²) in [6, 6.07) is 8.11. The Morgan fingerprint density at radius 2 is 1.83 bits per heavy atom. The zero-order chi connectivity index (χ0) is 13.2. The molecule has 18 heavy (non-hydrogen) atoms. The Hall–Kier alpha value is -1.51. The Bertz CT molecular complexity index is 346. The highest BCUT2D eigenvalue weighted by Crippen LogP contribution is 2.10. The van der Waals surface area contributed by atoms with Crippen LogP contribution in [-0.4, -0.2) is 19.0 Å². The monoisotopic (exact) mass is 248 g/mol. The standard InChI is InChI=1S/C15H24N2O/c1-3-5-6-11-17-14-9-7-13(8-10-14)12-15(18)16-4-2/h7-10,17H,3-6,11-12H2,1-2H3,(H,16,18). The molecule has 1 amide bonds. The maximum atomic E-state index is 11.4. The molecule has 3 heteroatoms. The van der Waals surface area contributed by atoms with Gasteiger partial charge in [0, 0.05) is 18.8 Å². The summed E-state index contributed by atoms with van der Waals surface area (Å²) in [5.41, 5.74) is 2.19. The van der Waals surface area contributed by atoms with E-state index in [0.717, 1.165) is 17.8 Å². The van der Waals surface area contributed by atoms with Gasteiger partial charge in [-0.05, 0) is 31.0 Å². The molecule has 0 spiro atoms. The normalized spacial score (nSPS) is 10.1. The highest BCUT2D eigenvalue weighted by Gasteiger charge is 2.01. The van der Waals surface area contributed by atoms with Crippen molar-refractivity contribution in [1.29, 1.82) is 0 Å². The van der Waals surface area contributed by atoms with Crippen molar-refractivity contribution in [3.63, 3.8) is 0 Å². The molecule has 1 aromatic carbocycles. The summed E-state index contributed by atoms with van der Waals surface area (Å²) in [6.07, 6.45) is 4.18. The van der Waals surface area contributed by atoms with Crippen molar-refractivity contribution in [2.24, 2.45) is 0 Å². The van der Waals surface area contributed by atoms with E-state index < -0.39 is 0 Å². The van der Waals surface area contributed by atoms with Gasteiger partial charge in [0.1, 0.15) is 0 Å². The Labute approximate surface area is 110 Å². The van der Waals surface area contributed by atoms with Crippen LogP contribution in [0.15, 0.2) is 24.3 Å². The molecule has 0 saturated carbocycles. The third kappa shape index (κ3) is 5.71. The highest BCUT2D eigenvalue weighted by atomic mass is 16.1. The van der Waals surface area contributed by atoms with Crippen molar-refractivity contribution in [1.82, 2.24) is 5.32 Å². The second kappa shape index (κ2) is 8.56. The van der Waals surface area contributed by atoms with Gasteiger partial charge in [-0.15, -0.1) is 0 Å². The third-order valence-corrected chi connectivity index (χ3v) is 2.80. The van der Waals surface area contributed by atoms with Gasteiger partial charge in [0.2, 0.25) is 5.91 Å². The molecule has 0 heterocycles. The predicted molar refractivity (Wildman–Crippen MR) is 76.8 cm³/mol. The molecule has 0 aliphatic heterocycles. The lowest BCUT2D eigenvalue weighted by Crippen LogP contribution is -2.24. The summed E-state index contributed by atoms with van der Waals surface area (Å²) < 4.78 is 0. The Morgan fingerprint density at radius 1 is 1.11 bits per heavy atom. The van der Waals surface area contributed by atoms with Crippen molar-refractivity contribution in [3.05, 3.63) is 29.8 Å². The number of amides is 1. The second-order valence-electron chi connectivity index (χ2n) is 4.46. The zero-order valence-corrected chi connectivity index (χ0v) is 11.5. The van der Waals surface area contributed by atoms with Gasteiger partial charge in [-0.2, -0.15) is 0 Å². The summed E-state index contributed by atoms with van der Waals surface area (Å²) in [7, 11) is 0. The van der Waals surface area contributed by atoms with Crippen molar-refractivity contribution in [2.75, 3.05) is 18.4 Å². The van der Waals surface area contributed by atoms with Crippen LogP contribution in [0.4, 0.5) is 5.69 Å². The van der Waals surface area contributed by atoms with Gasteiger partial charge in [-0.1, -0.05) is 31.9 Å². The quantitative estimate of drug-likeness (QED) is 0.694. The smallest absolute Gasteiger partial charge is 0.224 e. The molecule has 2 N–H and O–H groups in total. The van der Waals surface area contributed by atoms with Crippen LogP contribution in [0.2, 0.25) is 0 Å². The number of unbranched alkanes of at least 4 members (excludes halogenated alkanes) is 2. The molecule has 100 valence electrons. The van der Waals surface area contributed by atoms with Gasteiger partial charge in [-0.3, -0.25) is 4.79 Å². The van der Waals surface area contributed by atoms with Gasteiger partial charge < -0.3 is 10.6 Å². The molecule has 0 fully saturated rings. The van der Waals surface area contributed by atoms with Crippen LogP contribution in [0.3, 0.4) is 0 Å². The minimum atomic E-state index is 0.0844. The Morgan fingerprint density at radius 3 is 2.44 bits per heavy atom. The largest absolute Gasteiger partial charge is 0.385 e. The zero-order valence-electron chi connectivity index (χ0n) is 11.5. The molecule has 3 nitrogen and oxygen atoms in total. The number of hydrogen-bond acceptors (Lipinski definition) is 2. The second-order valence-corrected chi connectivity index (χ2v) is 4.46. The van der Waals surface area contributed by atoms with E-state index in [4.69, 9.17) is 0 Å². The highest BCUT2D eigenvalue weighted by molar-refractivity contribution is 5.78. The fraction of sp³-hybridized carbons (Fsp3) is 0.533. The number of likely N-dealkylation sites (N-methyl/N-ethyl adjacent to an activating group) is 1. The number of carbonyl (C=O) groups excluding carboxylic acids is 1. The first-order chi connectivity index (χ1) is 8.76. The summed E-state index contributed by atoms with van der Waals surface area (Å²) in [5.74, 6) is 0.0844. The SMILES string of the molecule is CCCCCNc1ccc(CC(=O)NCC)cc1. The fourth-order valence-electron chi connectivity index (χ4n) is 1.79. The molecule has 0 aliphatic rings. The van der Waals surface area contributed by atoms with Crippen molar-refractivity contribution >= 4 is 11.6 Å². The van der Waals surface area contributed by atoms with Crippen LogP contribution in [0.25, 0.3) is 0 Å². The van der Waals surface area contributed by atoms with Crippen molar-refractivity contribution in [2.45, 2.75) is 39.5 Å². The molecule has 0 saturated heterocycles. The molecule has 1 rings (SSSR count). The molecular formula is C15H24N2O. The summed E-state index contributed by atoms with van der Waals surface area (Å²) in [5, 5.41) is 6.19. The molecule has 0 aromatic heterocycles. The maximum Gasteiger partial charge on any atom is 0.224 e. The van der Waals surface area contributed by atoms with E-state index in [1.807, 2.05) is 31.2 Å². The van der Waals surface area contributed by atoms with Crippen molar-refractivity contribution in [3.8, 4) is 0 Å². The Kier molecular flexibility index (Phi) is 6.92. The van der Waals surface area contributed by atoms with Crippen LogP contribution in [-0.2, 0) is 11.2 Å². The molecule has 0 radical (unpaired) electrons. The summed E-state index contributed by atoms with van der Waals surface area (Å²) in [6.45, 7) is 5.84. The first-order valence-corrected chi connectivity index (χ1v) is 6.85. The Balaban J connectivity index is 2.35. The van der Waals surface area contributed by atoms with E-state index in [9.17, 15) is 4.79 Å². The van der Waals surface area contributed by atoms with E-state index in [-0.39, 0.29) is 5.91 Å². The van der Waals surface area contributed by atoms with Crippen molar-refractivity contribution < 1.29 is 4.79 Å². The van der Waals surface area contributed by atoms with E-state index in [0.29, 0.717) is 13.0 Å². The maximum absolute atomic E-state index is 11.4. The van der Waals surface area contributed by atoms with E-state index >= 15 is 0 Å². The topological polar surface area (TPSA) is 41.1 Å². The number of anilines is 1. The van der Waals surface area contributed by atoms with E-state index in [1.165, 1.54) is 19.3 Å². The van der Waals surface area contributed by atoms with Crippen LogP contribution < -0.4 is 10.6 Å². The number of nitrogens with one attached hydrogen (secondary N) is 2. The van der Waals surface area contributed by atoms with E-state index in [2.05, 4.69) is 17.6 Å². The molecule has 1 aromatic rings. The number of rotatable bonds is 8. The lowest BCUT2D eigenvalue weighted by molar-refractivity contribution is -0.120. The molecular weight excluding hydrogens is 224 g/mol. The molecule has 0 atom stereocenters. The average Bonchev–Trinajstić information content (AvgIpc) is 2.37. The molecule has 0 unspecified atom stereocenters. The lowest BCUT2D eigenvalue weighted by atomic mass is 10.1. The van der Waals surface area contributed by atoms with Gasteiger partial charge in [0.05, 0.1) is 6.42 Å². The molecule has 0 bridgehead atoms. The van der Waals surface area contributed by atoms with Gasteiger partial charge in [0.15, 0.2) is 0 Å². The number of benzene rings is 1. The fourth-order valence-corrected chi connectivity index (χ4v) is 1.79. The first-order valence-electron chi connectivity index (χ1n) is 6.85. The first kappa shape index (κ1) is 14.6. The average molecular weight is 248 g/mol. The lowest BCUT2D eigenvalue weighted by Gasteiger charge is -2.07. The number of hydrogen-bond donors (Lipinski definition) is 2. The van der Waals surface area contributed by atoms with E-state index in [1.54, 1.807) is 0 Å². The van der Waals surface area contributed by atoms with Gasteiger partial charge in [0.25, 0.3) is 0 Å². The van der Waals surface area contributed by atoms with Crippen LogP contribution >= 0.6 is 0 Å². The third-order valence-electron chi connectivity index (χ3n) is 2.80. The van der Waals surface area contributed by atoms with Crippen LogP contribution in [0.5, 0.6) is 0 Å².